The van der Waals surface area contributed by atoms with E-state index in [0.717, 1.165) is 12.8 Å². The fourth-order valence-electron chi connectivity index (χ4n) is 1.24. The molecule has 0 atom stereocenters. The van der Waals surface area contributed by atoms with E-state index in [4.69, 9.17) is 0 Å². The molecule has 0 aromatic carbocycles. The Kier molecular flexibility index (Phi) is 5.24. The summed E-state index contributed by atoms with van der Waals surface area (Å²) in [6.45, 7) is 4.13. The van der Waals surface area contributed by atoms with Gasteiger partial charge in [-0.25, -0.2) is 4.68 Å². The van der Waals surface area contributed by atoms with Crippen LogP contribution in [0, 0.1) is 0 Å². The van der Waals surface area contributed by atoms with Gasteiger partial charge in [0.15, 0.2) is 0 Å². The van der Waals surface area contributed by atoms with Crippen LogP contribution in [0.15, 0.2) is 5.16 Å². The zero-order valence-corrected chi connectivity index (χ0v) is 10.6. The lowest BCUT2D eigenvalue weighted by atomic mass is 10.2. The molecule has 1 aromatic rings. The second-order valence-electron chi connectivity index (χ2n) is 3.45. The highest BCUT2D eigenvalue weighted by Gasteiger charge is 2.10. The Bertz CT molecular complexity index is 336. The number of nitrogens with one attached hydrogen (secondary N) is 1. The van der Waals surface area contributed by atoms with Crippen molar-refractivity contribution < 1.29 is 4.79 Å². The maximum Gasteiger partial charge on any atom is 0.230 e. The summed E-state index contributed by atoms with van der Waals surface area (Å²) < 4.78 is 1.55. The Hall–Kier alpha value is -1.11. The van der Waals surface area contributed by atoms with Gasteiger partial charge in [-0.2, -0.15) is 0 Å². The van der Waals surface area contributed by atoms with E-state index in [1.807, 2.05) is 0 Å². The Morgan fingerprint density at radius 1 is 1.50 bits per heavy atom. The number of tetrazole rings is 1. The summed E-state index contributed by atoms with van der Waals surface area (Å²) in [5.74, 6) is 0.381. The lowest BCUT2D eigenvalue weighted by Gasteiger charge is -2.13. The molecule has 0 spiro atoms. The summed E-state index contributed by atoms with van der Waals surface area (Å²) in [6.07, 6.45) is 1.91. The van der Waals surface area contributed by atoms with E-state index in [-0.39, 0.29) is 11.9 Å². The number of aromatic nitrogens is 4. The van der Waals surface area contributed by atoms with Crippen molar-refractivity contribution in [3.05, 3.63) is 0 Å². The number of hydrogen-bond acceptors (Lipinski definition) is 5. The second-order valence-corrected chi connectivity index (χ2v) is 4.40. The molecule has 1 heterocycles. The number of rotatable bonds is 6. The summed E-state index contributed by atoms with van der Waals surface area (Å²) in [7, 11) is 1.75. The normalized spacial score (nSPS) is 10.8. The van der Waals surface area contributed by atoms with E-state index >= 15 is 0 Å². The number of thioether (sulfide) groups is 1. The zero-order valence-electron chi connectivity index (χ0n) is 9.80. The minimum atomic E-state index is 0.0294. The average molecular weight is 243 g/mol. The van der Waals surface area contributed by atoms with Gasteiger partial charge in [0.25, 0.3) is 0 Å². The van der Waals surface area contributed by atoms with Gasteiger partial charge in [-0.3, -0.25) is 4.79 Å². The molecule has 90 valence electrons. The minimum Gasteiger partial charge on any atom is -0.353 e. The molecular formula is C9H17N5OS. The van der Waals surface area contributed by atoms with Crippen LogP contribution in [-0.4, -0.2) is 37.9 Å². The van der Waals surface area contributed by atoms with Gasteiger partial charge in [0.2, 0.25) is 11.1 Å². The van der Waals surface area contributed by atoms with Crippen molar-refractivity contribution in [2.45, 2.75) is 37.9 Å². The first-order valence-electron chi connectivity index (χ1n) is 5.31. The van der Waals surface area contributed by atoms with E-state index in [0.29, 0.717) is 10.9 Å². The molecule has 0 aliphatic carbocycles. The number of aryl methyl sites for hydroxylation is 1. The van der Waals surface area contributed by atoms with Gasteiger partial charge in [0, 0.05) is 13.1 Å². The molecule has 0 saturated carbocycles. The Balaban J connectivity index is 2.33. The summed E-state index contributed by atoms with van der Waals surface area (Å²) in [5, 5.41) is 14.6. The molecule has 1 aromatic heterocycles. The highest BCUT2D eigenvalue weighted by molar-refractivity contribution is 7.99. The summed E-state index contributed by atoms with van der Waals surface area (Å²) in [6, 6.07) is 0.269. The standard InChI is InChI=1S/C9H17N5OS/c1-4-7(5-2)10-8(15)6-16-9-11-12-13-14(9)3/h7H,4-6H2,1-3H3,(H,10,15). The largest absolute Gasteiger partial charge is 0.353 e. The van der Waals surface area contributed by atoms with Crippen molar-refractivity contribution >= 4 is 17.7 Å². The first-order chi connectivity index (χ1) is 7.67. The molecule has 7 heteroatoms. The fourth-order valence-corrected chi connectivity index (χ4v) is 1.90. The van der Waals surface area contributed by atoms with Crippen LogP contribution in [0.3, 0.4) is 0 Å². The molecule has 0 unspecified atom stereocenters. The Labute approximate surface area is 99.2 Å². The van der Waals surface area contributed by atoms with Crippen LogP contribution >= 0.6 is 11.8 Å². The highest BCUT2D eigenvalue weighted by Crippen LogP contribution is 2.11. The van der Waals surface area contributed by atoms with Gasteiger partial charge < -0.3 is 5.32 Å². The number of hydrogen-bond donors (Lipinski definition) is 1. The van der Waals surface area contributed by atoms with Gasteiger partial charge in [-0.1, -0.05) is 25.6 Å². The predicted molar refractivity (Wildman–Crippen MR) is 62.0 cm³/mol. The van der Waals surface area contributed by atoms with E-state index < -0.39 is 0 Å². The molecule has 0 aliphatic heterocycles. The van der Waals surface area contributed by atoms with Crippen LogP contribution in [0.2, 0.25) is 0 Å². The SMILES string of the molecule is CCC(CC)NC(=O)CSc1nnnn1C. The summed E-state index contributed by atoms with van der Waals surface area (Å²) in [5.41, 5.74) is 0. The monoisotopic (exact) mass is 243 g/mol. The maximum atomic E-state index is 11.6. The van der Waals surface area contributed by atoms with E-state index in [1.54, 1.807) is 11.7 Å². The van der Waals surface area contributed by atoms with Gasteiger partial charge in [0.05, 0.1) is 5.75 Å². The molecular weight excluding hydrogens is 226 g/mol. The number of amides is 1. The van der Waals surface area contributed by atoms with E-state index in [1.165, 1.54) is 11.8 Å². The van der Waals surface area contributed by atoms with Gasteiger partial charge in [0.1, 0.15) is 0 Å². The summed E-state index contributed by atoms with van der Waals surface area (Å²) in [4.78, 5) is 11.6. The molecule has 0 aliphatic rings. The van der Waals surface area contributed by atoms with Crippen LogP contribution in [0.5, 0.6) is 0 Å². The smallest absolute Gasteiger partial charge is 0.230 e. The van der Waals surface area contributed by atoms with Crippen LogP contribution in [0.25, 0.3) is 0 Å². The summed E-state index contributed by atoms with van der Waals surface area (Å²) >= 11 is 1.34. The van der Waals surface area contributed by atoms with Crippen molar-refractivity contribution in [1.29, 1.82) is 0 Å². The van der Waals surface area contributed by atoms with Crippen LogP contribution < -0.4 is 5.32 Å². The van der Waals surface area contributed by atoms with E-state index in [2.05, 4.69) is 34.7 Å². The third kappa shape index (κ3) is 3.80. The Morgan fingerprint density at radius 3 is 2.69 bits per heavy atom. The number of carbonyl (C=O) groups is 1. The maximum absolute atomic E-state index is 11.6. The van der Waals surface area contributed by atoms with Gasteiger partial charge in [-0.05, 0) is 23.3 Å². The van der Waals surface area contributed by atoms with Gasteiger partial charge >= 0.3 is 0 Å². The molecule has 0 fully saturated rings. The lowest BCUT2D eigenvalue weighted by Crippen LogP contribution is -2.35. The molecule has 16 heavy (non-hydrogen) atoms. The van der Waals surface area contributed by atoms with Crippen LogP contribution in [0.1, 0.15) is 26.7 Å². The Morgan fingerprint density at radius 2 is 2.19 bits per heavy atom. The third-order valence-corrected chi connectivity index (χ3v) is 3.27. The number of carbonyl (C=O) groups excluding carboxylic acids is 1. The molecule has 0 saturated heterocycles. The number of nitrogens with zero attached hydrogens (tertiary/aromatic N) is 4. The molecule has 6 nitrogen and oxygen atoms in total. The van der Waals surface area contributed by atoms with Crippen molar-refractivity contribution in [2.24, 2.45) is 7.05 Å². The average Bonchev–Trinajstić information content (AvgIpc) is 2.69. The lowest BCUT2D eigenvalue weighted by molar-refractivity contribution is -0.119. The zero-order chi connectivity index (χ0) is 12.0. The first kappa shape index (κ1) is 13.0. The molecule has 1 N–H and O–H groups in total. The van der Waals surface area contributed by atoms with Crippen LogP contribution in [-0.2, 0) is 11.8 Å². The third-order valence-electron chi connectivity index (χ3n) is 2.26. The van der Waals surface area contributed by atoms with Crippen molar-refractivity contribution in [1.82, 2.24) is 25.5 Å². The molecule has 1 amide bonds. The molecule has 1 rings (SSSR count). The van der Waals surface area contributed by atoms with Crippen molar-refractivity contribution in [3.8, 4) is 0 Å². The fraction of sp³-hybridized carbons (Fsp3) is 0.778. The van der Waals surface area contributed by atoms with Crippen molar-refractivity contribution in [3.63, 3.8) is 0 Å². The van der Waals surface area contributed by atoms with Crippen molar-refractivity contribution in [2.75, 3.05) is 5.75 Å². The minimum absolute atomic E-state index is 0.0294. The first-order valence-corrected chi connectivity index (χ1v) is 6.30. The quantitative estimate of drug-likeness (QED) is 0.741. The molecule has 0 radical (unpaired) electrons. The van der Waals surface area contributed by atoms with Gasteiger partial charge in [-0.15, -0.1) is 5.10 Å². The van der Waals surface area contributed by atoms with E-state index in [9.17, 15) is 4.79 Å². The second kappa shape index (κ2) is 6.47. The van der Waals surface area contributed by atoms with Crippen LogP contribution in [0.4, 0.5) is 0 Å². The highest BCUT2D eigenvalue weighted by atomic mass is 32.2. The molecule has 0 bridgehead atoms. The topological polar surface area (TPSA) is 72.7 Å². The predicted octanol–water partition coefficient (Wildman–Crippen LogP) is 0.607.